The topological polar surface area (TPSA) is 80.4 Å². The Bertz CT molecular complexity index is 646. The van der Waals surface area contributed by atoms with Crippen LogP contribution in [0.25, 0.3) is 0 Å². The number of hydrogen-bond donors (Lipinski definition) is 2. The molecule has 0 aliphatic heterocycles. The number of amides is 1. The van der Waals surface area contributed by atoms with Crippen molar-refractivity contribution in [3.63, 3.8) is 0 Å². The van der Waals surface area contributed by atoms with E-state index in [-0.39, 0.29) is 5.91 Å². The second kappa shape index (κ2) is 6.99. The second-order valence-electron chi connectivity index (χ2n) is 4.48. The van der Waals surface area contributed by atoms with Crippen LogP contribution in [0, 0.1) is 0 Å². The van der Waals surface area contributed by atoms with Crippen molar-refractivity contribution in [2.45, 2.75) is 26.7 Å². The summed E-state index contributed by atoms with van der Waals surface area (Å²) in [5.41, 5.74) is 11.0. The Morgan fingerprint density at radius 1 is 1.33 bits per heavy atom. The standard InChI is InChI=1S/C15H18N4OS/c1-3-10-5-7-11(8-6-10)9-17-19-14(20)13-12(4-2)18-15(16)21-13/h5-9H,3-4H2,1-2H3,(H2,16,18)(H,19,20)/b17-9+. The zero-order valence-electron chi connectivity index (χ0n) is 12.1. The van der Waals surface area contributed by atoms with Gasteiger partial charge in [0.1, 0.15) is 4.88 Å². The second-order valence-corrected chi connectivity index (χ2v) is 5.51. The average Bonchev–Trinajstić information content (AvgIpc) is 2.89. The molecule has 0 atom stereocenters. The van der Waals surface area contributed by atoms with Crippen LogP contribution in [0.15, 0.2) is 29.4 Å². The summed E-state index contributed by atoms with van der Waals surface area (Å²) in [6.45, 7) is 4.04. The van der Waals surface area contributed by atoms with Gasteiger partial charge in [-0.25, -0.2) is 10.4 Å². The number of anilines is 1. The lowest BCUT2D eigenvalue weighted by Gasteiger charge is -1.99. The van der Waals surface area contributed by atoms with Gasteiger partial charge in [0, 0.05) is 0 Å². The number of benzene rings is 1. The molecule has 0 saturated carbocycles. The minimum Gasteiger partial charge on any atom is -0.375 e. The number of nitrogens with zero attached hydrogens (tertiary/aromatic N) is 2. The van der Waals surface area contributed by atoms with Crippen molar-refractivity contribution in [1.29, 1.82) is 0 Å². The Hall–Kier alpha value is -2.21. The summed E-state index contributed by atoms with van der Waals surface area (Å²) < 4.78 is 0. The highest BCUT2D eigenvalue weighted by molar-refractivity contribution is 7.17. The number of carbonyl (C=O) groups is 1. The van der Waals surface area contributed by atoms with Crippen molar-refractivity contribution in [3.8, 4) is 0 Å². The third-order valence-corrected chi connectivity index (χ3v) is 3.95. The van der Waals surface area contributed by atoms with E-state index >= 15 is 0 Å². The highest BCUT2D eigenvalue weighted by atomic mass is 32.1. The van der Waals surface area contributed by atoms with Gasteiger partial charge in [0.25, 0.3) is 5.91 Å². The largest absolute Gasteiger partial charge is 0.375 e. The first-order chi connectivity index (χ1) is 10.1. The minimum atomic E-state index is -0.275. The summed E-state index contributed by atoms with van der Waals surface area (Å²) in [6.07, 6.45) is 3.28. The molecule has 2 aromatic rings. The van der Waals surface area contributed by atoms with Crippen molar-refractivity contribution in [3.05, 3.63) is 46.0 Å². The molecule has 0 aliphatic carbocycles. The summed E-state index contributed by atoms with van der Waals surface area (Å²) in [5, 5.41) is 4.37. The zero-order valence-corrected chi connectivity index (χ0v) is 12.9. The molecule has 110 valence electrons. The highest BCUT2D eigenvalue weighted by Gasteiger charge is 2.15. The molecule has 1 aromatic carbocycles. The Balaban J connectivity index is 2.01. The molecule has 21 heavy (non-hydrogen) atoms. The van der Waals surface area contributed by atoms with Crippen LogP contribution in [0.1, 0.15) is 40.3 Å². The van der Waals surface area contributed by atoms with E-state index in [0.717, 1.165) is 12.0 Å². The van der Waals surface area contributed by atoms with Crippen LogP contribution >= 0.6 is 11.3 Å². The minimum absolute atomic E-state index is 0.275. The van der Waals surface area contributed by atoms with Crippen LogP contribution in [-0.2, 0) is 12.8 Å². The van der Waals surface area contributed by atoms with Crippen molar-refractivity contribution >= 4 is 28.6 Å². The molecule has 3 N–H and O–H groups in total. The van der Waals surface area contributed by atoms with E-state index in [1.165, 1.54) is 16.9 Å². The SMILES string of the molecule is CCc1ccc(/C=N/NC(=O)c2sc(N)nc2CC)cc1. The van der Waals surface area contributed by atoms with E-state index in [4.69, 9.17) is 5.73 Å². The molecule has 0 unspecified atom stereocenters. The molecule has 0 fully saturated rings. The molecule has 1 amide bonds. The van der Waals surface area contributed by atoms with Gasteiger partial charge in [-0.15, -0.1) is 0 Å². The number of rotatable bonds is 5. The lowest BCUT2D eigenvalue weighted by molar-refractivity contribution is 0.0958. The van der Waals surface area contributed by atoms with E-state index < -0.39 is 0 Å². The third-order valence-electron chi connectivity index (χ3n) is 3.02. The number of nitrogen functional groups attached to an aromatic ring is 1. The van der Waals surface area contributed by atoms with Crippen LogP contribution in [0.2, 0.25) is 0 Å². The lowest BCUT2D eigenvalue weighted by atomic mass is 10.1. The molecule has 0 saturated heterocycles. The van der Waals surface area contributed by atoms with Crippen molar-refractivity contribution in [1.82, 2.24) is 10.4 Å². The average molecular weight is 302 g/mol. The Labute approximate surface area is 127 Å². The predicted molar refractivity (Wildman–Crippen MR) is 86.8 cm³/mol. The summed E-state index contributed by atoms with van der Waals surface area (Å²) in [4.78, 5) is 16.7. The van der Waals surface area contributed by atoms with Crippen molar-refractivity contribution in [2.24, 2.45) is 5.10 Å². The first-order valence-electron chi connectivity index (χ1n) is 6.81. The molecule has 0 spiro atoms. The first kappa shape index (κ1) is 15.2. The van der Waals surface area contributed by atoms with Gasteiger partial charge >= 0.3 is 0 Å². The number of aromatic nitrogens is 1. The van der Waals surface area contributed by atoms with E-state index in [1.807, 2.05) is 31.2 Å². The number of hydrogen-bond acceptors (Lipinski definition) is 5. The van der Waals surface area contributed by atoms with Gasteiger partial charge in [0.05, 0.1) is 11.9 Å². The highest BCUT2D eigenvalue weighted by Crippen LogP contribution is 2.20. The monoisotopic (exact) mass is 302 g/mol. The van der Waals surface area contributed by atoms with Gasteiger partial charge < -0.3 is 5.73 Å². The number of hydrazone groups is 1. The molecule has 0 radical (unpaired) electrons. The fourth-order valence-electron chi connectivity index (χ4n) is 1.84. The summed E-state index contributed by atoms with van der Waals surface area (Å²) >= 11 is 1.18. The fraction of sp³-hybridized carbons (Fsp3) is 0.267. The van der Waals surface area contributed by atoms with Crippen LogP contribution in [-0.4, -0.2) is 17.1 Å². The van der Waals surface area contributed by atoms with Crippen molar-refractivity contribution in [2.75, 3.05) is 5.73 Å². The van der Waals surface area contributed by atoms with E-state index in [2.05, 4.69) is 22.4 Å². The van der Waals surface area contributed by atoms with Crippen LogP contribution in [0.3, 0.4) is 0 Å². The van der Waals surface area contributed by atoms with Gasteiger partial charge in [0.15, 0.2) is 5.13 Å². The van der Waals surface area contributed by atoms with Crippen LogP contribution < -0.4 is 11.2 Å². The molecule has 6 heteroatoms. The Morgan fingerprint density at radius 2 is 2.05 bits per heavy atom. The molecule has 0 aliphatic rings. The smallest absolute Gasteiger partial charge is 0.283 e. The molecular formula is C15H18N4OS. The number of thiazole rings is 1. The maximum atomic E-state index is 12.0. The van der Waals surface area contributed by atoms with Gasteiger partial charge in [-0.3, -0.25) is 4.79 Å². The lowest BCUT2D eigenvalue weighted by Crippen LogP contribution is -2.17. The van der Waals surface area contributed by atoms with Gasteiger partial charge in [0.2, 0.25) is 0 Å². The third kappa shape index (κ3) is 3.88. The van der Waals surface area contributed by atoms with Gasteiger partial charge in [-0.1, -0.05) is 49.4 Å². The van der Waals surface area contributed by atoms with Crippen molar-refractivity contribution < 1.29 is 4.79 Å². The number of aryl methyl sites for hydroxylation is 2. The fourth-order valence-corrected chi connectivity index (χ4v) is 2.65. The predicted octanol–water partition coefficient (Wildman–Crippen LogP) is 2.61. The maximum absolute atomic E-state index is 12.0. The van der Waals surface area contributed by atoms with Gasteiger partial charge in [-0.2, -0.15) is 5.10 Å². The Morgan fingerprint density at radius 3 is 2.67 bits per heavy atom. The molecule has 2 rings (SSSR count). The van der Waals surface area contributed by atoms with E-state index in [0.29, 0.717) is 22.1 Å². The maximum Gasteiger partial charge on any atom is 0.283 e. The van der Waals surface area contributed by atoms with Crippen LogP contribution in [0.4, 0.5) is 5.13 Å². The molecule has 1 aromatic heterocycles. The summed E-state index contributed by atoms with van der Waals surface area (Å²) in [5.74, 6) is -0.275. The molecule has 1 heterocycles. The molecule has 0 bridgehead atoms. The Kier molecular flexibility index (Phi) is 5.05. The summed E-state index contributed by atoms with van der Waals surface area (Å²) in [6, 6.07) is 8.03. The quantitative estimate of drug-likeness (QED) is 0.658. The number of carbonyl (C=O) groups excluding carboxylic acids is 1. The number of nitrogens with one attached hydrogen (secondary N) is 1. The first-order valence-corrected chi connectivity index (χ1v) is 7.63. The van der Waals surface area contributed by atoms with E-state index in [1.54, 1.807) is 6.21 Å². The normalized spacial score (nSPS) is 11.0. The van der Waals surface area contributed by atoms with E-state index in [9.17, 15) is 4.79 Å². The molecule has 5 nitrogen and oxygen atoms in total. The summed E-state index contributed by atoms with van der Waals surface area (Å²) in [7, 11) is 0. The zero-order chi connectivity index (χ0) is 15.2. The van der Waals surface area contributed by atoms with Gasteiger partial charge in [-0.05, 0) is 24.0 Å². The molecular weight excluding hydrogens is 284 g/mol. The number of nitrogens with two attached hydrogens (primary N) is 1. The van der Waals surface area contributed by atoms with Crippen LogP contribution in [0.5, 0.6) is 0 Å².